The number of amides is 1. The second-order valence-corrected chi connectivity index (χ2v) is 4.45. The van der Waals surface area contributed by atoms with Crippen molar-refractivity contribution >= 4 is 17.6 Å². The maximum atomic E-state index is 11.9. The van der Waals surface area contributed by atoms with E-state index in [0.717, 1.165) is 12.0 Å². The van der Waals surface area contributed by atoms with Gasteiger partial charge in [-0.05, 0) is 31.4 Å². The van der Waals surface area contributed by atoms with Gasteiger partial charge in [-0.2, -0.15) is 0 Å². The molecule has 0 unspecified atom stereocenters. The Labute approximate surface area is 98.9 Å². The molecule has 90 valence electrons. The van der Waals surface area contributed by atoms with Crippen molar-refractivity contribution in [3.8, 4) is 0 Å². The molecule has 1 aromatic heterocycles. The van der Waals surface area contributed by atoms with Crippen LogP contribution in [0, 0.1) is 12.3 Å². The van der Waals surface area contributed by atoms with Crippen molar-refractivity contribution in [1.82, 2.24) is 4.98 Å². The van der Waals surface area contributed by atoms with Crippen LogP contribution in [0.3, 0.4) is 0 Å². The zero-order valence-electron chi connectivity index (χ0n) is 9.56. The van der Waals surface area contributed by atoms with E-state index in [0.29, 0.717) is 18.5 Å². The monoisotopic (exact) mass is 234 g/mol. The van der Waals surface area contributed by atoms with Crippen LogP contribution < -0.4 is 5.32 Å². The maximum absolute atomic E-state index is 11.9. The van der Waals surface area contributed by atoms with E-state index in [9.17, 15) is 9.59 Å². The fraction of sp³-hybridized carbons (Fsp3) is 0.417. The third-order valence-corrected chi connectivity index (χ3v) is 3.18. The van der Waals surface area contributed by atoms with Crippen LogP contribution in [0.1, 0.15) is 24.8 Å². The van der Waals surface area contributed by atoms with Crippen molar-refractivity contribution in [3.63, 3.8) is 0 Å². The van der Waals surface area contributed by atoms with E-state index in [1.54, 1.807) is 12.3 Å². The summed E-state index contributed by atoms with van der Waals surface area (Å²) in [5.41, 5.74) is 0.229. The van der Waals surface area contributed by atoms with Gasteiger partial charge in [-0.25, -0.2) is 0 Å². The molecule has 17 heavy (non-hydrogen) atoms. The van der Waals surface area contributed by atoms with Crippen LogP contribution in [0.5, 0.6) is 0 Å². The highest BCUT2D eigenvalue weighted by Crippen LogP contribution is 2.42. The normalized spacial score (nSPS) is 17.0. The Bertz CT molecular complexity index is 467. The van der Waals surface area contributed by atoms with Gasteiger partial charge in [-0.15, -0.1) is 0 Å². The number of nitrogens with zero attached hydrogens (tertiary/aromatic N) is 1. The van der Waals surface area contributed by atoms with Crippen LogP contribution in [0.2, 0.25) is 0 Å². The predicted molar refractivity (Wildman–Crippen MR) is 61.5 cm³/mol. The number of carboxylic acids is 1. The molecule has 0 saturated heterocycles. The minimum absolute atomic E-state index is 0.410. The lowest BCUT2D eigenvalue weighted by atomic mass is 9.68. The summed E-state index contributed by atoms with van der Waals surface area (Å²) < 4.78 is 0. The van der Waals surface area contributed by atoms with Gasteiger partial charge in [0.1, 0.15) is 5.41 Å². The molecule has 1 heterocycles. The standard InChI is InChI=1S/C12H14N2O3/c1-8-5-9(7-13-6-8)14-10(15)12(11(16)17)3-2-4-12/h5-7H,2-4H2,1H3,(H,14,15)(H,16,17). The maximum Gasteiger partial charge on any atom is 0.319 e. The van der Waals surface area contributed by atoms with Crippen molar-refractivity contribution < 1.29 is 14.7 Å². The Morgan fingerprint density at radius 3 is 2.59 bits per heavy atom. The second kappa shape index (κ2) is 4.16. The van der Waals surface area contributed by atoms with Gasteiger partial charge in [-0.1, -0.05) is 6.42 Å². The molecule has 1 amide bonds. The van der Waals surface area contributed by atoms with Gasteiger partial charge in [-0.3, -0.25) is 14.6 Å². The van der Waals surface area contributed by atoms with Crippen molar-refractivity contribution in [3.05, 3.63) is 24.0 Å². The van der Waals surface area contributed by atoms with Gasteiger partial charge in [0, 0.05) is 6.20 Å². The quantitative estimate of drug-likeness (QED) is 0.778. The highest BCUT2D eigenvalue weighted by atomic mass is 16.4. The zero-order valence-corrected chi connectivity index (χ0v) is 9.56. The summed E-state index contributed by atoms with van der Waals surface area (Å²) >= 11 is 0. The molecular weight excluding hydrogens is 220 g/mol. The van der Waals surface area contributed by atoms with E-state index in [1.165, 1.54) is 6.20 Å². The lowest BCUT2D eigenvalue weighted by Crippen LogP contribution is -2.48. The van der Waals surface area contributed by atoms with Gasteiger partial charge in [0.15, 0.2) is 0 Å². The molecule has 0 aromatic carbocycles. The zero-order chi connectivity index (χ0) is 12.5. The number of anilines is 1. The van der Waals surface area contributed by atoms with Crippen molar-refractivity contribution in [2.45, 2.75) is 26.2 Å². The number of nitrogens with one attached hydrogen (secondary N) is 1. The molecule has 0 aliphatic heterocycles. The fourth-order valence-corrected chi connectivity index (χ4v) is 1.94. The molecule has 1 saturated carbocycles. The topological polar surface area (TPSA) is 79.3 Å². The Morgan fingerprint density at radius 2 is 2.12 bits per heavy atom. The molecule has 0 radical (unpaired) electrons. The Hall–Kier alpha value is -1.91. The lowest BCUT2D eigenvalue weighted by molar-refractivity contribution is -0.159. The molecule has 0 bridgehead atoms. The number of aromatic nitrogens is 1. The number of hydrogen-bond acceptors (Lipinski definition) is 3. The van der Waals surface area contributed by atoms with Crippen molar-refractivity contribution in [1.29, 1.82) is 0 Å². The molecule has 2 rings (SSSR count). The minimum Gasteiger partial charge on any atom is -0.480 e. The first-order chi connectivity index (χ1) is 8.04. The molecular formula is C12H14N2O3. The van der Waals surface area contributed by atoms with Crippen LogP contribution in [-0.4, -0.2) is 22.0 Å². The van der Waals surface area contributed by atoms with Crippen LogP contribution in [0.25, 0.3) is 0 Å². The summed E-state index contributed by atoms with van der Waals surface area (Å²) in [7, 11) is 0. The Kier molecular flexibility index (Phi) is 2.83. The third-order valence-electron chi connectivity index (χ3n) is 3.18. The van der Waals surface area contributed by atoms with E-state index < -0.39 is 17.3 Å². The van der Waals surface area contributed by atoms with E-state index in [4.69, 9.17) is 5.11 Å². The van der Waals surface area contributed by atoms with E-state index in [-0.39, 0.29) is 0 Å². The van der Waals surface area contributed by atoms with Crippen LogP contribution in [0.15, 0.2) is 18.5 Å². The van der Waals surface area contributed by atoms with E-state index in [2.05, 4.69) is 10.3 Å². The molecule has 1 aliphatic rings. The Balaban J connectivity index is 2.14. The molecule has 0 spiro atoms. The number of aryl methyl sites for hydroxylation is 1. The van der Waals surface area contributed by atoms with Crippen LogP contribution in [-0.2, 0) is 9.59 Å². The molecule has 5 nitrogen and oxygen atoms in total. The van der Waals surface area contributed by atoms with E-state index >= 15 is 0 Å². The highest BCUT2D eigenvalue weighted by Gasteiger charge is 2.51. The largest absolute Gasteiger partial charge is 0.480 e. The number of rotatable bonds is 3. The molecule has 2 N–H and O–H groups in total. The number of pyridine rings is 1. The summed E-state index contributed by atoms with van der Waals surface area (Å²) in [5, 5.41) is 11.7. The highest BCUT2D eigenvalue weighted by molar-refractivity contribution is 6.09. The fourth-order valence-electron chi connectivity index (χ4n) is 1.94. The molecule has 1 aliphatic carbocycles. The molecule has 1 fully saturated rings. The molecule has 0 atom stereocenters. The van der Waals surface area contributed by atoms with Crippen LogP contribution in [0.4, 0.5) is 5.69 Å². The summed E-state index contributed by atoms with van der Waals surface area (Å²) in [6, 6.07) is 1.76. The first-order valence-corrected chi connectivity index (χ1v) is 5.51. The Morgan fingerprint density at radius 1 is 1.41 bits per heavy atom. The van der Waals surface area contributed by atoms with Gasteiger partial charge in [0.25, 0.3) is 0 Å². The summed E-state index contributed by atoms with van der Waals surface area (Å²) in [6.45, 7) is 1.86. The molecule has 1 aromatic rings. The predicted octanol–water partition coefficient (Wildman–Crippen LogP) is 1.58. The van der Waals surface area contributed by atoms with Gasteiger partial charge in [0.05, 0.1) is 11.9 Å². The van der Waals surface area contributed by atoms with Gasteiger partial charge >= 0.3 is 5.97 Å². The van der Waals surface area contributed by atoms with Crippen molar-refractivity contribution in [2.75, 3.05) is 5.32 Å². The second-order valence-electron chi connectivity index (χ2n) is 4.45. The SMILES string of the molecule is Cc1cncc(NC(=O)C2(C(=O)O)CCC2)c1. The first kappa shape index (κ1) is 11.6. The summed E-state index contributed by atoms with van der Waals surface area (Å²) in [5.74, 6) is -1.48. The average molecular weight is 234 g/mol. The number of aliphatic carboxylic acids is 1. The third kappa shape index (κ3) is 2.00. The molecule has 5 heteroatoms. The van der Waals surface area contributed by atoms with Crippen molar-refractivity contribution in [2.24, 2.45) is 5.41 Å². The summed E-state index contributed by atoms with van der Waals surface area (Å²) in [4.78, 5) is 27.0. The van der Waals surface area contributed by atoms with Gasteiger partial charge in [0.2, 0.25) is 5.91 Å². The smallest absolute Gasteiger partial charge is 0.319 e. The van der Waals surface area contributed by atoms with Crippen LogP contribution >= 0.6 is 0 Å². The van der Waals surface area contributed by atoms with E-state index in [1.807, 2.05) is 6.92 Å². The number of carbonyl (C=O) groups is 2. The number of hydrogen-bond donors (Lipinski definition) is 2. The number of carboxylic acid groups (broad SMARTS) is 1. The first-order valence-electron chi connectivity index (χ1n) is 5.51. The minimum atomic E-state index is -1.23. The lowest BCUT2D eigenvalue weighted by Gasteiger charge is -2.35. The summed E-state index contributed by atoms with van der Waals surface area (Å²) in [6.07, 6.45) is 4.79. The average Bonchev–Trinajstić information content (AvgIpc) is 2.14. The van der Waals surface area contributed by atoms with Gasteiger partial charge < -0.3 is 10.4 Å². The number of carbonyl (C=O) groups excluding carboxylic acids is 1.